The van der Waals surface area contributed by atoms with E-state index in [9.17, 15) is 0 Å². The van der Waals surface area contributed by atoms with Crippen molar-refractivity contribution in [2.45, 2.75) is 52.2 Å². The molecule has 1 aliphatic rings. The van der Waals surface area contributed by atoms with Crippen molar-refractivity contribution in [3.63, 3.8) is 0 Å². The Bertz CT molecular complexity index is 149. The molecule has 3 nitrogen and oxygen atoms in total. The highest BCUT2D eigenvalue weighted by atomic mass is 16.7. The summed E-state index contributed by atoms with van der Waals surface area (Å²) in [7, 11) is 0. The third-order valence-electron chi connectivity index (χ3n) is 3.03. The Morgan fingerprint density at radius 2 is 1.69 bits per heavy atom. The van der Waals surface area contributed by atoms with Gasteiger partial charge in [-0.3, -0.25) is 0 Å². The zero-order valence-electron chi connectivity index (χ0n) is 10.7. The van der Waals surface area contributed by atoms with Crippen LogP contribution in [0, 0.1) is 5.92 Å². The lowest BCUT2D eigenvalue weighted by molar-refractivity contribution is -0.147. The molecule has 0 bridgehead atoms. The fourth-order valence-corrected chi connectivity index (χ4v) is 2.19. The molecule has 1 aliphatic carbocycles. The van der Waals surface area contributed by atoms with E-state index in [1.54, 1.807) is 0 Å². The summed E-state index contributed by atoms with van der Waals surface area (Å²) < 4.78 is 16.6. The molecule has 3 heteroatoms. The van der Waals surface area contributed by atoms with Crippen molar-refractivity contribution in [1.82, 2.24) is 0 Å². The van der Waals surface area contributed by atoms with Crippen molar-refractivity contribution >= 4 is 0 Å². The lowest BCUT2D eigenvalue weighted by Gasteiger charge is -2.17. The monoisotopic (exact) mass is 230 g/mol. The second kappa shape index (κ2) is 8.97. The summed E-state index contributed by atoms with van der Waals surface area (Å²) in [6.45, 7) is 7.06. The van der Waals surface area contributed by atoms with Crippen LogP contribution in [0.15, 0.2) is 0 Å². The van der Waals surface area contributed by atoms with Crippen LogP contribution < -0.4 is 0 Å². The van der Waals surface area contributed by atoms with Gasteiger partial charge in [-0.05, 0) is 32.6 Å². The Labute approximate surface area is 99.5 Å². The molecule has 0 N–H and O–H groups in total. The van der Waals surface area contributed by atoms with E-state index in [1.165, 1.54) is 25.7 Å². The Morgan fingerprint density at radius 3 is 2.25 bits per heavy atom. The van der Waals surface area contributed by atoms with Gasteiger partial charge in [-0.1, -0.05) is 12.8 Å². The van der Waals surface area contributed by atoms with Crippen LogP contribution >= 0.6 is 0 Å². The Morgan fingerprint density at radius 1 is 1.06 bits per heavy atom. The molecular formula is C13H26O3. The van der Waals surface area contributed by atoms with Crippen LogP contribution in [0.1, 0.15) is 46.0 Å². The maximum Gasteiger partial charge on any atom is 0.159 e. The van der Waals surface area contributed by atoms with Gasteiger partial charge in [-0.15, -0.1) is 0 Å². The quantitative estimate of drug-likeness (QED) is 0.450. The van der Waals surface area contributed by atoms with E-state index in [0.717, 1.165) is 25.6 Å². The molecule has 0 aromatic heterocycles. The molecule has 0 aromatic rings. The summed E-state index contributed by atoms with van der Waals surface area (Å²) in [5, 5.41) is 0. The van der Waals surface area contributed by atoms with Crippen LogP contribution in [0.4, 0.5) is 0 Å². The normalized spacial score (nSPS) is 17.4. The lowest BCUT2D eigenvalue weighted by Crippen LogP contribution is -2.20. The van der Waals surface area contributed by atoms with E-state index in [4.69, 9.17) is 14.2 Å². The van der Waals surface area contributed by atoms with Crippen molar-refractivity contribution in [3.8, 4) is 0 Å². The Balaban J connectivity index is 1.98. The van der Waals surface area contributed by atoms with Gasteiger partial charge in [0, 0.05) is 26.2 Å². The summed E-state index contributed by atoms with van der Waals surface area (Å²) in [4.78, 5) is 0. The molecule has 96 valence electrons. The van der Waals surface area contributed by atoms with Gasteiger partial charge >= 0.3 is 0 Å². The van der Waals surface area contributed by atoms with Crippen molar-refractivity contribution in [2.75, 3.05) is 26.4 Å². The Kier molecular flexibility index (Phi) is 7.81. The molecule has 1 rings (SSSR count). The molecule has 0 amide bonds. The van der Waals surface area contributed by atoms with E-state index in [0.29, 0.717) is 13.2 Å². The largest absolute Gasteiger partial charge is 0.381 e. The number of rotatable bonds is 9. The predicted molar refractivity (Wildman–Crippen MR) is 64.4 cm³/mol. The van der Waals surface area contributed by atoms with Crippen LogP contribution in [-0.4, -0.2) is 32.7 Å². The number of ether oxygens (including phenoxy) is 3. The SMILES string of the molecule is CCOC(CCOCC1CCCC1)OCC. The third-order valence-corrected chi connectivity index (χ3v) is 3.03. The zero-order chi connectivity index (χ0) is 11.6. The molecule has 0 spiro atoms. The number of hydrogen-bond acceptors (Lipinski definition) is 3. The predicted octanol–water partition coefficient (Wildman–Crippen LogP) is 2.98. The molecule has 0 aliphatic heterocycles. The topological polar surface area (TPSA) is 27.7 Å². The first-order valence-corrected chi connectivity index (χ1v) is 6.67. The van der Waals surface area contributed by atoms with Crippen molar-refractivity contribution in [3.05, 3.63) is 0 Å². The molecular weight excluding hydrogens is 204 g/mol. The minimum absolute atomic E-state index is 0.0846. The first-order valence-electron chi connectivity index (χ1n) is 6.67. The third kappa shape index (κ3) is 5.83. The molecule has 0 unspecified atom stereocenters. The van der Waals surface area contributed by atoms with E-state index in [1.807, 2.05) is 13.8 Å². The molecule has 0 aromatic carbocycles. The van der Waals surface area contributed by atoms with E-state index < -0.39 is 0 Å². The molecule has 0 heterocycles. The van der Waals surface area contributed by atoms with Crippen molar-refractivity contribution < 1.29 is 14.2 Å². The molecule has 0 radical (unpaired) electrons. The average Bonchev–Trinajstić information content (AvgIpc) is 2.78. The molecule has 0 atom stereocenters. The summed E-state index contributed by atoms with van der Waals surface area (Å²) in [5.74, 6) is 0.803. The maximum atomic E-state index is 5.68. The fraction of sp³-hybridized carbons (Fsp3) is 1.00. The highest BCUT2D eigenvalue weighted by Crippen LogP contribution is 2.24. The Hall–Kier alpha value is -0.120. The molecule has 0 saturated heterocycles. The molecule has 16 heavy (non-hydrogen) atoms. The standard InChI is InChI=1S/C13H26O3/c1-3-15-13(16-4-2)9-10-14-11-12-7-5-6-8-12/h12-13H,3-11H2,1-2H3. The van der Waals surface area contributed by atoms with Crippen LogP contribution in [0.3, 0.4) is 0 Å². The summed E-state index contributed by atoms with van der Waals surface area (Å²) >= 11 is 0. The van der Waals surface area contributed by atoms with E-state index >= 15 is 0 Å². The number of hydrogen-bond donors (Lipinski definition) is 0. The highest BCUT2D eigenvalue weighted by molar-refractivity contribution is 4.66. The smallest absolute Gasteiger partial charge is 0.159 e. The first kappa shape index (κ1) is 13.9. The van der Waals surface area contributed by atoms with E-state index in [-0.39, 0.29) is 6.29 Å². The van der Waals surface area contributed by atoms with Crippen LogP contribution in [0.25, 0.3) is 0 Å². The van der Waals surface area contributed by atoms with Crippen LogP contribution in [-0.2, 0) is 14.2 Å². The zero-order valence-corrected chi connectivity index (χ0v) is 10.7. The minimum Gasteiger partial charge on any atom is -0.381 e. The molecule has 1 saturated carbocycles. The maximum absolute atomic E-state index is 5.68. The van der Waals surface area contributed by atoms with Gasteiger partial charge in [0.2, 0.25) is 0 Å². The first-order chi connectivity index (χ1) is 7.86. The molecule has 1 fully saturated rings. The van der Waals surface area contributed by atoms with Gasteiger partial charge < -0.3 is 14.2 Å². The van der Waals surface area contributed by atoms with Crippen molar-refractivity contribution in [2.24, 2.45) is 5.92 Å². The summed E-state index contributed by atoms with van der Waals surface area (Å²) in [6.07, 6.45) is 6.22. The van der Waals surface area contributed by atoms with Gasteiger partial charge in [0.15, 0.2) is 6.29 Å². The minimum atomic E-state index is -0.0846. The highest BCUT2D eigenvalue weighted by Gasteiger charge is 2.15. The van der Waals surface area contributed by atoms with Gasteiger partial charge in [-0.2, -0.15) is 0 Å². The van der Waals surface area contributed by atoms with Gasteiger partial charge in [0.05, 0.1) is 6.61 Å². The van der Waals surface area contributed by atoms with Gasteiger partial charge in [0.1, 0.15) is 0 Å². The second-order valence-electron chi connectivity index (χ2n) is 4.35. The van der Waals surface area contributed by atoms with Gasteiger partial charge in [-0.25, -0.2) is 0 Å². The van der Waals surface area contributed by atoms with E-state index in [2.05, 4.69) is 0 Å². The fourth-order valence-electron chi connectivity index (χ4n) is 2.19. The van der Waals surface area contributed by atoms with Crippen LogP contribution in [0.5, 0.6) is 0 Å². The van der Waals surface area contributed by atoms with Crippen LogP contribution in [0.2, 0.25) is 0 Å². The second-order valence-corrected chi connectivity index (χ2v) is 4.35. The lowest BCUT2D eigenvalue weighted by atomic mass is 10.1. The summed E-state index contributed by atoms with van der Waals surface area (Å²) in [5.41, 5.74) is 0. The van der Waals surface area contributed by atoms with Gasteiger partial charge in [0.25, 0.3) is 0 Å². The van der Waals surface area contributed by atoms with Crippen molar-refractivity contribution in [1.29, 1.82) is 0 Å². The summed E-state index contributed by atoms with van der Waals surface area (Å²) in [6, 6.07) is 0. The average molecular weight is 230 g/mol.